The van der Waals surface area contributed by atoms with Crippen LogP contribution in [0.25, 0.3) is 0 Å². The summed E-state index contributed by atoms with van der Waals surface area (Å²) in [5.41, 5.74) is 0.702. The third-order valence-electron chi connectivity index (χ3n) is 3.36. The first-order valence-electron chi connectivity index (χ1n) is 6.95. The SMILES string of the molecule is CC(=O)c1ccc(NCC(O)c2cc(Cl)cc(Cl)c2)c([N+](=O)[O-])c1. The molecular weight excluding hydrogens is 355 g/mol. The average molecular weight is 369 g/mol. The molecule has 0 saturated heterocycles. The molecular formula is C16H14Cl2N2O4. The van der Waals surface area contributed by atoms with Crippen molar-refractivity contribution in [2.45, 2.75) is 13.0 Å². The largest absolute Gasteiger partial charge is 0.387 e. The standard InChI is InChI=1S/C16H14Cl2N2O4/c1-9(21)10-2-3-14(15(6-10)20(23)24)19-8-16(22)11-4-12(17)7-13(18)5-11/h2-7,16,19,22H,8H2,1H3. The van der Waals surface area contributed by atoms with Crippen molar-refractivity contribution >= 4 is 40.4 Å². The van der Waals surface area contributed by atoms with Crippen LogP contribution >= 0.6 is 23.2 Å². The highest BCUT2D eigenvalue weighted by Crippen LogP contribution is 2.28. The summed E-state index contributed by atoms with van der Waals surface area (Å²) in [5.74, 6) is -0.266. The van der Waals surface area contributed by atoms with Crippen molar-refractivity contribution in [2.75, 3.05) is 11.9 Å². The number of hydrogen-bond acceptors (Lipinski definition) is 5. The minimum absolute atomic E-state index is 0.0108. The molecule has 24 heavy (non-hydrogen) atoms. The fourth-order valence-corrected chi connectivity index (χ4v) is 2.69. The maximum Gasteiger partial charge on any atom is 0.293 e. The van der Waals surface area contributed by atoms with E-state index in [9.17, 15) is 20.0 Å². The molecule has 0 aliphatic rings. The molecule has 0 aliphatic heterocycles. The van der Waals surface area contributed by atoms with Gasteiger partial charge < -0.3 is 10.4 Å². The van der Waals surface area contributed by atoms with Gasteiger partial charge in [-0.15, -0.1) is 0 Å². The first-order chi connectivity index (χ1) is 11.3. The summed E-state index contributed by atoms with van der Waals surface area (Å²) < 4.78 is 0. The van der Waals surface area contributed by atoms with Gasteiger partial charge in [0.2, 0.25) is 0 Å². The lowest BCUT2D eigenvalue weighted by atomic mass is 10.1. The van der Waals surface area contributed by atoms with Crippen LogP contribution in [0.5, 0.6) is 0 Å². The van der Waals surface area contributed by atoms with E-state index in [4.69, 9.17) is 23.2 Å². The van der Waals surface area contributed by atoms with E-state index < -0.39 is 11.0 Å². The third kappa shape index (κ3) is 4.44. The van der Waals surface area contributed by atoms with E-state index in [0.29, 0.717) is 15.6 Å². The first kappa shape index (κ1) is 18.2. The van der Waals surface area contributed by atoms with Crippen LogP contribution in [0.15, 0.2) is 36.4 Å². The highest BCUT2D eigenvalue weighted by atomic mass is 35.5. The summed E-state index contributed by atoms with van der Waals surface area (Å²) in [5, 5.41) is 24.9. The lowest BCUT2D eigenvalue weighted by Gasteiger charge is -2.14. The Bertz CT molecular complexity index is 775. The molecule has 2 N–H and O–H groups in total. The molecule has 2 rings (SSSR count). The summed E-state index contributed by atoms with van der Waals surface area (Å²) in [6.45, 7) is 1.34. The van der Waals surface area contributed by atoms with Gasteiger partial charge in [0, 0.05) is 28.2 Å². The number of nitro benzene ring substituents is 1. The van der Waals surface area contributed by atoms with Gasteiger partial charge in [0.25, 0.3) is 5.69 Å². The van der Waals surface area contributed by atoms with Gasteiger partial charge in [0.05, 0.1) is 11.0 Å². The van der Waals surface area contributed by atoms with Gasteiger partial charge >= 0.3 is 0 Å². The number of aliphatic hydroxyl groups excluding tert-OH is 1. The van der Waals surface area contributed by atoms with Crippen molar-refractivity contribution in [3.8, 4) is 0 Å². The van der Waals surface area contributed by atoms with Gasteiger partial charge in [-0.05, 0) is 42.8 Å². The van der Waals surface area contributed by atoms with Gasteiger partial charge in [0.1, 0.15) is 5.69 Å². The number of ketones is 1. The zero-order valence-electron chi connectivity index (χ0n) is 12.6. The lowest BCUT2D eigenvalue weighted by molar-refractivity contribution is -0.384. The van der Waals surface area contributed by atoms with Crippen LogP contribution in [0, 0.1) is 10.1 Å². The number of halogens is 2. The molecule has 0 radical (unpaired) electrons. The molecule has 6 nitrogen and oxygen atoms in total. The molecule has 0 aromatic heterocycles. The Morgan fingerprint density at radius 3 is 2.42 bits per heavy atom. The second kappa shape index (κ2) is 7.61. The van der Waals surface area contributed by atoms with Crippen molar-refractivity contribution in [3.05, 3.63) is 67.7 Å². The smallest absolute Gasteiger partial charge is 0.293 e. The van der Waals surface area contributed by atoms with Crippen LogP contribution < -0.4 is 5.32 Å². The Kier molecular flexibility index (Phi) is 5.77. The number of nitrogens with one attached hydrogen (secondary N) is 1. The summed E-state index contributed by atoms with van der Waals surface area (Å²) in [6, 6.07) is 8.79. The van der Waals surface area contributed by atoms with Gasteiger partial charge in [-0.2, -0.15) is 0 Å². The molecule has 0 amide bonds. The van der Waals surface area contributed by atoms with Gasteiger partial charge in [-0.3, -0.25) is 14.9 Å². The minimum Gasteiger partial charge on any atom is -0.387 e. The normalized spacial score (nSPS) is 11.8. The molecule has 0 bridgehead atoms. The molecule has 8 heteroatoms. The Hall–Kier alpha value is -2.15. The first-order valence-corrected chi connectivity index (χ1v) is 7.71. The molecule has 126 valence electrons. The number of rotatable bonds is 6. The number of aliphatic hydroxyl groups is 1. The minimum atomic E-state index is -0.965. The Labute approximate surface area is 148 Å². The molecule has 0 aliphatic carbocycles. The van der Waals surface area contributed by atoms with Gasteiger partial charge in [0.15, 0.2) is 5.78 Å². The second-order valence-electron chi connectivity index (χ2n) is 5.14. The third-order valence-corrected chi connectivity index (χ3v) is 3.79. The van der Waals surface area contributed by atoms with E-state index in [1.54, 1.807) is 12.1 Å². The Balaban J connectivity index is 2.19. The summed E-state index contributed by atoms with van der Waals surface area (Å²) in [7, 11) is 0. The molecule has 0 spiro atoms. The van der Waals surface area contributed by atoms with E-state index in [-0.39, 0.29) is 29.3 Å². The number of nitro groups is 1. The molecule has 0 saturated carbocycles. The van der Waals surface area contributed by atoms with E-state index in [2.05, 4.69) is 5.32 Å². The number of Topliss-reactive ketones (excluding diaryl/α,β-unsaturated/α-hetero) is 1. The number of carbonyl (C=O) groups is 1. The predicted octanol–water partition coefficient (Wildman–Crippen LogP) is 4.25. The van der Waals surface area contributed by atoms with Crippen molar-refractivity contribution < 1.29 is 14.8 Å². The molecule has 2 aromatic rings. The summed E-state index contributed by atoms with van der Waals surface area (Å²) >= 11 is 11.8. The molecule has 0 heterocycles. The average Bonchev–Trinajstić information content (AvgIpc) is 2.51. The van der Waals surface area contributed by atoms with Crippen molar-refractivity contribution in [2.24, 2.45) is 0 Å². The maximum atomic E-state index is 11.3. The van der Waals surface area contributed by atoms with Crippen LogP contribution in [-0.2, 0) is 0 Å². The Morgan fingerprint density at radius 1 is 1.25 bits per heavy atom. The van der Waals surface area contributed by atoms with Crippen LogP contribution in [0.1, 0.15) is 28.9 Å². The monoisotopic (exact) mass is 368 g/mol. The number of carbonyl (C=O) groups excluding carboxylic acids is 1. The van der Waals surface area contributed by atoms with E-state index in [1.807, 2.05) is 0 Å². The highest BCUT2D eigenvalue weighted by Gasteiger charge is 2.17. The zero-order valence-corrected chi connectivity index (χ0v) is 14.1. The quantitative estimate of drug-likeness (QED) is 0.451. The van der Waals surface area contributed by atoms with Crippen LogP contribution in [-0.4, -0.2) is 22.4 Å². The van der Waals surface area contributed by atoms with Crippen LogP contribution in [0.4, 0.5) is 11.4 Å². The highest BCUT2D eigenvalue weighted by molar-refractivity contribution is 6.34. The number of benzene rings is 2. The lowest BCUT2D eigenvalue weighted by Crippen LogP contribution is -2.13. The zero-order chi connectivity index (χ0) is 17.9. The maximum absolute atomic E-state index is 11.3. The van der Waals surface area contributed by atoms with E-state index >= 15 is 0 Å². The molecule has 1 unspecified atom stereocenters. The summed E-state index contributed by atoms with van der Waals surface area (Å²) in [4.78, 5) is 21.9. The number of anilines is 1. The number of nitrogens with zero attached hydrogens (tertiary/aromatic N) is 1. The van der Waals surface area contributed by atoms with Crippen molar-refractivity contribution in [3.63, 3.8) is 0 Å². The van der Waals surface area contributed by atoms with Gasteiger partial charge in [-0.1, -0.05) is 23.2 Å². The molecule has 0 fully saturated rings. The second-order valence-corrected chi connectivity index (χ2v) is 6.02. The van der Waals surface area contributed by atoms with E-state index in [0.717, 1.165) is 0 Å². The van der Waals surface area contributed by atoms with Crippen LogP contribution in [0.3, 0.4) is 0 Å². The summed E-state index contributed by atoms with van der Waals surface area (Å²) in [6.07, 6.45) is -0.965. The van der Waals surface area contributed by atoms with Crippen molar-refractivity contribution in [1.29, 1.82) is 0 Å². The fourth-order valence-electron chi connectivity index (χ4n) is 2.14. The Morgan fingerprint density at radius 2 is 1.88 bits per heavy atom. The van der Waals surface area contributed by atoms with Gasteiger partial charge in [-0.25, -0.2) is 0 Å². The van der Waals surface area contributed by atoms with Crippen LogP contribution in [0.2, 0.25) is 10.0 Å². The molecule has 1 atom stereocenters. The topological polar surface area (TPSA) is 92.5 Å². The molecule has 2 aromatic carbocycles. The predicted molar refractivity (Wildman–Crippen MR) is 93.0 cm³/mol. The fraction of sp³-hybridized carbons (Fsp3) is 0.188. The number of hydrogen-bond donors (Lipinski definition) is 2. The van der Waals surface area contributed by atoms with E-state index in [1.165, 1.54) is 31.2 Å². The van der Waals surface area contributed by atoms with Crippen molar-refractivity contribution in [1.82, 2.24) is 0 Å².